The molecule has 0 atom stereocenters. The van der Waals surface area contributed by atoms with Crippen LogP contribution >= 0.6 is 0 Å². The van der Waals surface area contributed by atoms with Gasteiger partial charge in [-0.05, 0) is 49.2 Å². The summed E-state index contributed by atoms with van der Waals surface area (Å²) < 4.78 is 1.96. The van der Waals surface area contributed by atoms with Crippen molar-refractivity contribution in [1.29, 1.82) is 0 Å². The maximum absolute atomic E-state index is 12.5. The van der Waals surface area contributed by atoms with Crippen LogP contribution in [0.25, 0.3) is 5.69 Å². The van der Waals surface area contributed by atoms with Crippen LogP contribution in [0.4, 0.5) is 0 Å². The van der Waals surface area contributed by atoms with Crippen LogP contribution in [0.1, 0.15) is 24.0 Å². The first-order chi connectivity index (χ1) is 13.8. The number of benzene rings is 2. The minimum atomic E-state index is 0.122. The molecule has 4 rings (SSSR count). The Bertz CT molecular complexity index is 867. The van der Waals surface area contributed by atoms with Gasteiger partial charge in [-0.2, -0.15) is 0 Å². The van der Waals surface area contributed by atoms with Crippen molar-refractivity contribution in [3.8, 4) is 5.69 Å². The number of carbonyl (C=O) groups excluding carboxylic acids is 1. The van der Waals surface area contributed by atoms with E-state index in [4.69, 9.17) is 0 Å². The molecule has 1 amide bonds. The third kappa shape index (κ3) is 4.67. The zero-order chi connectivity index (χ0) is 19.2. The van der Waals surface area contributed by atoms with E-state index in [-0.39, 0.29) is 11.8 Å². The van der Waals surface area contributed by atoms with E-state index in [1.165, 1.54) is 5.56 Å². The van der Waals surface area contributed by atoms with E-state index >= 15 is 0 Å². The fourth-order valence-corrected chi connectivity index (χ4v) is 3.73. The van der Waals surface area contributed by atoms with Crippen molar-refractivity contribution in [2.75, 3.05) is 13.1 Å². The summed E-state index contributed by atoms with van der Waals surface area (Å²) in [5.41, 5.74) is 3.52. The largest absolute Gasteiger partial charge is 0.352 e. The van der Waals surface area contributed by atoms with E-state index < -0.39 is 0 Å². The first kappa shape index (κ1) is 18.4. The summed E-state index contributed by atoms with van der Waals surface area (Å²) in [6.07, 6.45) is 7.32. The summed E-state index contributed by atoms with van der Waals surface area (Å²) in [5, 5.41) is 3.11. The number of likely N-dealkylation sites (tertiary alicyclic amines) is 1. The van der Waals surface area contributed by atoms with Gasteiger partial charge in [0.25, 0.3) is 0 Å². The Labute approximate surface area is 166 Å². The first-order valence-electron chi connectivity index (χ1n) is 9.89. The number of amides is 1. The summed E-state index contributed by atoms with van der Waals surface area (Å²) in [6, 6.07) is 18.7. The summed E-state index contributed by atoms with van der Waals surface area (Å²) in [7, 11) is 0. The van der Waals surface area contributed by atoms with Crippen LogP contribution in [-0.4, -0.2) is 33.4 Å². The molecule has 5 nitrogen and oxygen atoms in total. The van der Waals surface area contributed by atoms with Gasteiger partial charge in [0.2, 0.25) is 5.91 Å². The van der Waals surface area contributed by atoms with Crippen molar-refractivity contribution < 1.29 is 4.79 Å². The average molecular weight is 374 g/mol. The average Bonchev–Trinajstić information content (AvgIpc) is 3.29. The zero-order valence-electron chi connectivity index (χ0n) is 16.0. The molecule has 3 aromatic rings. The molecule has 0 saturated carbocycles. The van der Waals surface area contributed by atoms with Gasteiger partial charge in [0, 0.05) is 37.1 Å². The summed E-state index contributed by atoms with van der Waals surface area (Å²) in [5.74, 6) is 0.301. The number of piperidine rings is 1. The van der Waals surface area contributed by atoms with Crippen LogP contribution in [0.2, 0.25) is 0 Å². The monoisotopic (exact) mass is 374 g/mol. The third-order valence-electron chi connectivity index (χ3n) is 5.41. The lowest BCUT2D eigenvalue weighted by Crippen LogP contribution is -2.40. The van der Waals surface area contributed by atoms with Crippen LogP contribution in [0.3, 0.4) is 0 Å². The molecule has 1 N–H and O–H groups in total. The highest BCUT2D eigenvalue weighted by Gasteiger charge is 2.24. The van der Waals surface area contributed by atoms with Crippen LogP contribution in [0.5, 0.6) is 0 Å². The molecule has 2 aromatic carbocycles. The number of hydrogen-bond donors (Lipinski definition) is 1. The highest BCUT2D eigenvalue weighted by molar-refractivity contribution is 5.78. The van der Waals surface area contributed by atoms with Gasteiger partial charge < -0.3 is 9.88 Å². The Morgan fingerprint density at radius 3 is 2.43 bits per heavy atom. The molecule has 1 fully saturated rings. The highest BCUT2D eigenvalue weighted by atomic mass is 16.1. The Kier molecular flexibility index (Phi) is 5.83. The van der Waals surface area contributed by atoms with Gasteiger partial charge in [-0.3, -0.25) is 9.69 Å². The molecule has 0 spiro atoms. The highest BCUT2D eigenvalue weighted by Crippen LogP contribution is 2.19. The lowest BCUT2D eigenvalue weighted by Gasteiger charge is -2.31. The van der Waals surface area contributed by atoms with Gasteiger partial charge in [-0.15, -0.1) is 0 Å². The molecule has 1 aliphatic rings. The normalized spacial score (nSPS) is 15.4. The predicted molar refractivity (Wildman–Crippen MR) is 110 cm³/mol. The SMILES string of the molecule is O=C(NCc1ccc(-n2ccnc2)cc1)C1CCN(Cc2ccccc2)CC1. The van der Waals surface area contributed by atoms with Crippen molar-refractivity contribution in [1.82, 2.24) is 19.8 Å². The number of carbonyl (C=O) groups is 1. The molecule has 0 unspecified atom stereocenters. The number of rotatable bonds is 6. The Hall–Kier alpha value is -2.92. The maximum Gasteiger partial charge on any atom is 0.223 e. The van der Waals surface area contributed by atoms with Gasteiger partial charge in [0.05, 0.1) is 6.33 Å². The molecule has 1 aliphatic heterocycles. The minimum absolute atomic E-state index is 0.122. The second-order valence-corrected chi connectivity index (χ2v) is 7.39. The summed E-state index contributed by atoms with van der Waals surface area (Å²) in [4.78, 5) is 19.0. The molecular formula is C23H26N4O. The number of hydrogen-bond acceptors (Lipinski definition) is 3. The number of imidazole rings is 1. The molecular weight excluding hydrogens is 348 g/mol. The van der Waals surface area contributed by atoms with Gasteiger partial charge >= 0.3 is 0 Å². The number of nitrogens with one attached hydrogen (secondary N) is 1. The van der Waals surface area contributed by atoms with Crippen molar-refractivity contribution >= 4 is 5.91 Å². The van der Waals surface area contributed by atoms with E-state index in [2.05, 4.69) is 51.6 Å². The standard InChI is InChI=1S/C23H26N4O/c28-23(21-10-13-26(14-11-21)17-20-4-2-1-3-5-20)25-16-19-6-8-22(9-7-19)27-15-12-24-18-27/h1-9,12,15,18,21H,10-11,13-14,16-17H2,(H,25,28). The second-order valence-electron chi connectivity index (χ2n) is 7.39. The van der Waals surface area contributed by atoms with Crippen LogP contribution in [0, 0.1) is 5.92 Å². The van der Waals surface area contributed by atoms with Crippen molar-refractivity contribution in [2.24, 2.45) is 5.92 Å². The number of aromatic nitrogens is 2. The summed E-state index contributed by atoms with van der Waals surface area (Å²) >= 11 is 0. The molecule has 1 saturated heterocycles. The molecule has 0 aliphatic carbocycles. The molecule has 28 heavy (non-hydrogen) atoms. The lowest BCUT2D eigenvalue weighted by molar-refractivity contribution is -0.126. The van der Waals surface area contributed by atoms with E-state index in [9.17, 15) is 4.79 Å². The molecule has 2 heterocycles. The van der Waals surface area contributed by atoms with E-state index in [0.717, 1.165) is 43.7 Å². The topological polar surface area (TPSA) is 50.2 Å². The molecule has 0 radical (unpaired) electrons. The minimum Gasteiger partial charge on any atom is -0.352 e. The van der Waals surface area contributed by atoms with E-state index in [1.807, 2.05) is 29.0 Å². The van der Waals surface area contributed by atoms with Crippen molar-refractivity contribution in [2.45, 2.75) is 25.9 Å². The van der Waals surface area contributed by atoms with Gasteiger partial charge in [0.1, 0.15) is 0 Å². The van der Waals surface area contributed by atoms with Crippen molar-refractivity contribution in [3.63, 3.8) is 0 Å². The second kappa shape index (κ2) is 8.85. The van der Waals surface area contributed by atoms with Gasteiger partial charge in [0.15, 0.2) is 0 Å². The smallest absolute Gasteiger partial charge is 0.223 e. The Morgan fingerprint density at radius 1 is 1.00 bits per heavy atom. The summed E-state index contributed by atoms with van der Waals surface area (Å²) in [6.45, 7) is 3.50. The van der Waals surface area contributed by atoms with Crippen LogP contribution < -0.4 is 5.32 Å². The quantitative estimate of drug-likeness (QED) is 0.719. The zero-order valence-corrected chi connectivity index (χ0v) is 16.0. The molecule has 1 aromatic heterocycles. The third-order valence-corrected chi connectivity index (χ3v) is 5.41. The fraction of sp³-hybridized carbons (Fsp3) is 0.304. The predicted octanol–water partition coefficient (Wildman–Crippen LogP) is 3.40. The molecule has 5 heteroatoms. The van der Waals surface area contributed by atoms with Crippen LogP contribution in [0.15, 0.2) is 73.3 Å². The van der Waals surface area contributed by atoms with Crippen LogP contribution in [-0.2, 0) is 17.9 Å². The van der Waals surface area contributed by atoms with Gasteiger partial charge in [-0.1, -0.05) is 42.5 Å². The lowest BCUT2D eigenvalue weighted by atomic mass is 9.95. The van der Waals surface area contributed by atoms with E-state index in [1.54, 1.807) is 12.5 Å². The number of nitrogens with zero attached hydrogens (tertiary/aromatic N) is 3. The first-order valence-corrected chi connectivity index (χ1v) is 9.89. The fourth-order valence-electron chi connectivity index (χ4n) is 3.73. The Morgan fingerprint density at radius 2 is 1.75 bits per heavy atom. The molecule has 0 bridgehead atoms. The maximum atomic E-state index is 12.5. The Balaban J connectivity index is 1.22. The van der Waals surface area contributed by atoms with Gasteiger partial charge in [-0.25, -0.2) is 4.98 Å². The molecule has 144 valence electrons. The van der Waals surface area contributed by atoms with E-state index in [0.29, 0.717) is 6.54 Å². The van der Waals surface area contributed by atoms with Crippen molar-refractivity contribution in [3.05, 3.63) is 84.4 Å².